The third-order valence-electron chi connectivity index (χ3n) is 14.3. The summed E-state index contributed by atoms with van der Waals surface area (Å²) in [5, 5.41) is 32.9. The number of piperidine rings is 1. The van der Waals surface area contributed by atoms with Gasteiger partial charge in [0.25, 0.3) is 11.7 Å². The number of ether oxygens (including phenoxy) is 6. The van der Waals surface area contributed by atoms with E-state index in [9.17, 15) is 40.7 Å². The smallest absolute Gasteiger partial charge is 0.329 e. The summed E-state index contributed by atoms with van der Waals surface area (Å²) < 4.78 is 62.5. The van der Waals surface area contributed by atoms with Gasteiger partial charge in [-0.1, -0.05) is 71.1 Å². The zero-order valence-corrected chi connectivity index (χ0v) is 42.1. The zero-order valence-electron chi connectivity index (χ0n) is 45.1. The first-order chi connectivity index (χ1) is 33.4. The van der Waals surface area contributed by atoms with Gasteiger partial charge in [0, 0.05) is 59.8 Å². The molecular formula is C53H83NO14. The van der Waals surface area contributed by atoms with Crippen LogP contribution in [0.15, 0.2) is 47.6 Å². The molecule has 15 nitrogen and oxygen atoms in total. The Morgan fingerprint density at radius 1 is 0.926 bits per heavy atom. The van der Waals surface area contributed by atoms with Crippen molar-refractivity contribution >= 4 is 29.2 Å². The summed E-state index contributed by atoms with van der Waals surface area (Å²) in [4.78, 5) is 72.2. The number of ketones is 3. The van der Waals surface area contributed by atoms with Crippen LogP contribution in [0.1, 0.15) is 130 Å². The number of methoxy groups -OCH3 is 3. The minimum absolute atomic E-state index is 0.0199. The van der Waals surface area contributed by atoms with Crippen LogP contribution in [0.4, 0.5) is 0 Å². The van der Waals surface area contributed by atoms with E-state index in [-0.39, 0.29) is 75.9 Å². The summed E-state index contributed by atoms with van der Waals surface area (Å²) in [7, 11) is 4.24. The summed E-state index contributed by atoms with van der Waals surface area (Å²) in [6.07, 6.45) is 4.68. The van der Waals surface area contributed by atoms with Crippen molar-refractivity contribution in [3.8, 4) is 0 Å². The van der Waals surface area contributed by atoms with Crippen LogP contribution >= 0.6 is 0 Å². The number of cyclic esters (lactones) is 1. The molecule has 3 unspecified atom stereocenters. The van der Waals surface area contributed by atoms with E-state index in [4.69, 9.17) is 31.2 Å². The van der Waals surface area contributed by atoms with Crippen molar-refractivity contribution in [3.63, 3.8) is 0 Å². The average Bonchev–Trinajstić information content (AvgIpc) is 3.32. The maximum Gasteiger partial charge on any atom is 0.329 e. The quantitative estimate of drug-likeness (QED) is 0.134. The van der Waals surface area contributed by atoms with Gasteiger partial charge in [-0.2, -0.15) is 0 Å². The average molecular weight is 964 g/mol. The highest BCUT2D eigenvalue weighted by Gasteiger charge is 2.53. The molecule has 15 heteroatoms. The number of allylic oxidation sites excluding steroid dienone is 6. The van der Waals surface area contributed by atoms with Gasteiger partial charge in [0.05, 0.1) is 40.3 Å². The molecule has 3 fully saturated rings. The summed E-state index contributed by atoms with van der Waals surface area (Å²) in [6.45, 7) is 11.7. The zero-order chi connectivity index (χ0) is 53.0. The minimum atomic E-state index is -2.57. The van der Waals surface area contributed by atoms with Crippen LogP contribution in [0.5, 0.6) is 0 Å². The molecule has 0 aromatic rings. The van der Waals surface area contributed by atoms with Gasteiger partial charge in [-0.3, -0.25) is 19.2 Å². The van der Waals surface area contributed by atoms with Crippen molar-refractivity contribution in [1.82, 2.24) is 4.90 Å². The number of fused-ring (bicyclic) bond motifs is 3. The monoisotopic (exact) mass is 964 g/mol. The van der Waals surface area contributed by atoms with Crippen molar-refractivity contribution in [2.45, 2.75) is 180 Å². The van der Waals surface area contributed by atoms with E-state index in [1.54, 1.807) is 41.7 Å². The van der Waals surface area contributed by atoms with Gasteiger partial charge in [0.15, 0.2) is 5.78 Å². The number of Topliss-reactive ketones (excluding diaryl/α,β-unsaturated/α-hetero) is 3. The van der Waals surface area contributed by atoms with Crippen LogP contribution in [-0.2, 0) is 52.4 Å². The lowest BCUT2D eigenvalue weighted by molar-refractivity contribution is -0.265. The lowest BCUT2D eigenvalue weighted by Crippen LogP contribution is -2.61. The van der Waals surface area contributed by atoms with E-state index in [1.807, 2.05) is 44.2 Å². The normalized spacial score (nSPS) is 43.0. The number of carbonyl (C=O) groups excluding carboxylic acids is 5. The highest BCUT2D eigenvalue weighted by molar-refractivity contribution is 6.39. The second-order valence-corrected chi connectivity index (χ2v) is 19.6. The Balaban J connectivity index is 1.75. The number of carbonyl (C=O) groups is 5. The fraction of sp³-hybridized carbons (Fsp3) is 0.755. The van der Waals surface area contributed by atoms with E-state index in [0.29, 0.717) is 37.7 Å². The van der Waals surface area contributed by atoms with Crippen LogP contribution in [0.3, 0.4) is 0 Å². The number of aliphatic hydroxyl groups excluding tert-OH is 2. The molecular weight excluding hydrogens is 875 g/mol. The van der Waals surface area contributed by atoms with Gasteiger partial charge in [0.1, 0.15) is 30.1 Å². The summed E-state index contributed by atoms with van der Waals surface area (Å²) in [5.41, 5.74) is 1.14. The number of hydrogen-bond donors (Lipinski definition) is 3. The van der Waals surface area contributed by atoms with E-state index in [1.165, 1.54) is 20.3 Å². The first kappa shape index (κ1) is 52.4. The fourth-order valence-corrected chi connectivity index (χ4v) is 9.92. The molecule has 3 heterocycles. The molecule has 68 heavy (non-hydrogen) atoms. The molecule has 0 aromatic heterocycles. The summed E-state index contributed by atoms with van der Waals surface area (Å²) >= 11 is 0. The van der Waals surface area contributed by atoms with Crippen LogP contribution in [0, 0.1) is 35.5 Å². The third-order valence-corrected chi connectivity index (χ3v) is 14.3. The molecule has 0 radical (unpaired) electrons. The number of esters is 1. The van der Waals surface area contributed by atoms with Crippen LogP contribution in [0.2, 0.25) is 0 Å². The molecule has 0 aromatic carbocycles. The Bertz CT molecular complexity index is 1960. The molecule has 2 bridgehead atoms. The number of amides is 1. The van der Waals surface area contributed by atoms with Crippen molar-refractivity contribution in [2.75, 3.05) is 41.1 Å². The van der Waals surface area contributed by atoms with Crippen molar-refractivity contribution in [3.05, 3.63) is 47.6 Å². The van der Waals surface area contributed by atoms with E-state index < -0.39 is 108 Å². The summed E-state index contributed by atoms with van der Waals surface area (Å²) in [6, 6.07) is -2.43. The predicted molar refractivity (Wildman–Crippen MR) is 256 cm³/mol. The predicted octanol–water partition coefficient (Wildman–Crippen LogP) is 6.20. The molecule has 4 aliphatic rings. The molecule has 1 saturated carbocycles. The van der Waals surface area contributed by atoms with E-state index >= 15 is 0 Å². The van der Waals surface area contributed by atoms with E-state index in [2.05, 4.69) is 0 Å². The Kier molecular flexibility index (Phi) is 21.0. The Hall–Kier alpha value is -3.41. The molecule has 2 saturated heterocycles. The second-order valence-electron chi connectivity index (χ2n) is 19.6. The maximum atomic E-state index is 14.6. The Labute approximate surface area is 409 Å². The highest BCUT2D eigenvalue weighted by Crippen LogP contribution is 2.38. The maximum absolute atomic E-state index is 14.6. The molecule has 16 atom stereocenters. The lowest BCUT2D eigenvalue weighted by atomic mass is 9.78. The van der Waals surface area contributed by atoms with Gasteiger partial charge in [-0.15, -0.1) is 0 Å². The van der Waals surface area contributed by atoms with Crippen molar-refractivity contribution < 1.29 is 71.8 Å². The molecule has 1 amide bonds. The number of nitrogens with zero attached hydrogens (tertiary/aromatic N) is 1. The van der Waals surface area contributed by atoms with Crippen LogP contribution in [-0.4, -0.2) is 145 Å². The van der Waals surface area contributed by atoms with Gasteiger partial charge < -0.3 is 48.6 Å². The molecule has 4 rings (SSSR count). The Morgan fingerprint density at radius 2 is 1.66 bits per heavy atom. The number of aliphatic hydroxyl groups is 3. The molecule has 3 N–H and O–H groups in total. The van der Waals surface area contributed by atoms with Crippen molar-refractivity contribution in [2.24, 2.45) is 35.5 Å². The third kappa shape index (κ3) is 15.3. The first-order valence-corrected chi connectivity index (χ1v) is 24.6. The lowest BCUT2D eigenvalue weighted by Gasteiger charge is -2.42. The minimum Gasteiger partial charge on any atom is -0.460 e. The molecule has 3 aliphatic heterocycles. The number of hydrogen-bond acceptors (Lipinski definition) is 14. The fourth-order valence-electron chi connectivity index (χ4n) is 9.92. The topological polar surface area (TPSA) is 205 Å². The van der Waals surface area contributed by atoms with Gasteiger partial charge in [-0.25, -0.2) is 4.79 Å². The number of rotatable bonds is 9. The molecule has 384 valence electrons. The first-order valence-electron chi connectivity index (χ1n) is 26.2. The van der Waals surface area contributed by atoms with Crippen LogP contribution < -0.4 is 0 Å². The van der Waals surface area contributed by atoms with E-state index in [0.717, 1.165) is 10.5 Å². The molecule has 0 spiro atoms. The summed E-state index contributed by atoms with van der Waals surface area (Å²) in [5.74, 6) is -10.2. The van der Waals surface area contributed by atoms with Gasteiger partial charge >= 0.3 is 5.97 Å². The largest absolute Gasteiger partial charge is 0.460 e. The van der Waals surface area contributed by atoms with Gasteiger partial charge in [-0.05, 0) is 107 Å². The molecule has 1 aliphatic carbocycles. The Morgan fingerprint density at radius 3 is 2.34 bits per heavy atom. The standard InChI is InChI=1S/C53H83NO14/c1-32-16-12-11-13-17-33(2)44(63-8)30-40-21-19-38(7)53(62,68-40)50(59)51(60)54-23-15-14-18-41(54)52(61)67-45(35(4)28-39-20-22-43(66-25-24-55)46(29-39)64-9)31-42(56)34(3)27-37(6)48(58)49(65-10)47(57)36(5)26-32/h11-13,16-17,27,32,34-36,38-41,43-46,48-49,55,58,62H,14-15,18-26,28-31H2,1-10H3/b13-11+,16-12+,33-17+,37-27+/t32-,34-,35-,36-,38-,39+,40+,41+,43-,44?,45+,46-,48-,49?,53-/m1/s1/i22T,41T,46T/t22?,32-,34-,35-,36-,38-,39+,40+,41+,43-,44?,45+,46-,48-,49?,53-. The van der Waals surface area contributed by atoms with Crippen LogP contribution in [0.25, 0.3) is 0 Å². The highest BCUT2D eigenvalue weighted by atomic mass is 16.6. The second kappa shape index (κ2) is 27.3. The van der Waals surface area contributed by atoms with Gasteiger partial charge in [0.2, 0.25) is 5.79 Å². The SMILES string of the molecule is [3H]C1C[C@@H](C[C@@H](C)[C@@H]2CC(=O)[C@H](C)/C=C(\C)[C@@H](O)C(OC)C(=O)[C@H](C)C[C@H](C)/C=C/C=C/C=C(\C)C(OC)C[C@@H]3CC[C@@H](C)[C@@](O)(O3)C(=O)C(=O)N3CCCC[C@@]3([3H])C(=O)O2)C[C@@]([3H])(OC)[C@@H]1OCCO. The van der Waals surface area contributed by atoms with Crippen molar-refractivity contribution in [1.29, 1.82) is 0 Å².